The van der Waals surface area contributed by atoms with Crippen molar-refractivity contribution in [1.82, 2.24) is 34.5 Å². The quantitative estimate of drug-likeness (QED) is 0.215. The van der Waals surface area contributed by atoms with Crippen LogP contribution >= 0.6 is 0 Å². The number of hydrogen-bond donors (Lipinski definition) is 0. The first-order valence-electron chi connectivity index (χ1n) is 13.6. The summed E-state index contributed by atoms with van der Waals surface area (Å²) in [6, 6.07) is 6.97. The Kier molecular flexibility index (Phi) is 9.09. The number of aromatic nitrogens is 7. The molecule has 0 aliphatic rings. The molecular weight excluding hydrogens is 594 g/mol. The van der Waals surface area contributed by atoms with Crippen molar-refractivity contribution in [2.75, 3.05) is 14.2 Å². The molecule has 0 fully saturated rings. The fraction of sp³-hybridized carbons (Fsp3) is 0.464. The number of ether oxygens (including phenoxy) is 2. The van der Waals surface area contributed by atoms with Crippen LogP contribution < -0.4 is 9.47 Å². The van der Waals surface area contributed by atoms with E-state index in [4.69, 9.17) is 13.9 Å². The minimum Gasteiger partial charge on any atom is -0.494 e. The fourth-order valence-corrected chi connectivity index (χ4v) is 6.98. The van der Waals surface area contributed by atoms with E-state index in [9.17, 15) is 12.8 Å². The molecule has 3 aromatic heterocycles. The van der Waals surface area contributed by atoms with Gasteiger partial charge in [0, 0.05) is 13.2 Å². The van der Waals surface area contributed by atoms with E-state index in [1.807, 2.05) is 33.9 Å². The Bertz CT molecular complexity index is 1660. The molecule has 232 valence electrons. The van der Waals surface area contributed by atoms with Gasteiger partial charge >= 0.3 is 0 Å². The lowest BCUT2D eigenvalue weighted by Crippen LogP contribution is -2.45. The summed E-state index contributed by atoms with van der Waals surface area (Å²) in [7, 11) is -1.79. The maximum atomic E-state index is 14.2. The van der Waals surface area contributed by atoms with Crippen LogP contribution in [0, 0.1) is 5.82 Å². The standard InChI is InChI=1S/C28H38FN7O5SSi/c1-18(25(26-30-15-19(29)16-31-26)41-43(8,9)28(2,3)4)42(37,38)17-23-32-33-27(20-13-14-35(5)34-20)36(23)24-21(39-6)11-10-12-22(24)40-7/h10-16,18,25H,17H2,1-9H3/t18-,25-/m0/s1. The predicted octanol–water partition coefficient (Wildman–Crippen LogP) is 4.68. The van der Waals surface area contributed by atoms with E-state index in [-0.39, 0.29) is 16.7 Å². The highest BCUT2D eigenvalue weighted by atomic mass is 32.2. The van der Waals surface area contributed by atoms with Crippen molar-refractivity contribution >= 4 is 18.2 Å². The van der Waals surface area contributed by atoms with E-state index >= 15 is 0 Å². The average Bonchev–Trinajstić information content (AvgIpc) is 3.56. The Morgan fingerprint density at radius 1 is 1.02 bits per heavy atom. The van der Waals surface area contributed by atoms with E-state index in [1.54, 1.807) is 53.7 Å². The van der Waals surface area contributed by atoms with E-state index in [1.165, 1.54) is 14.2 Å². The Morgan fingerprint density at radius 2 is 1.63 bits per heavy atom. The third-order valence-electron chi connectivity index (χ3n) is 7.74. The number of para-hydroxylation sites is 1. The maximum Gasteiger partial charge on any atom is 0.193 e. The summed E-state index contributed by atoms with van der Waals surface area (Å²) in [5.41, 5.74) is 0.894. The average molecular weight is 632 g/mol. The molecule has 12 nitrogen and oxygen atoms in total. The third kappa shape index (κ3) is 6.62. The van der Waals surface area contributed by atoms with Gasteiger partial charge in [0.1, 0.15) is 34.7 Å². The normalized spacial score (nSPS) is 14.0. The number of aryl methyl sites for hydroxylation is 1. The largest absolute Gasteiger partial charge is 0.494 e. The number of methoxy groups -OCH3 is 2. The molecule has 43 heavy (non-hydrogen) atoms. The number of nitrogens with zero attached hydrogens (tertiary/aromatic N) is 7. The molecule has 4 rings (SSSR count). The molecule has 1 aromatic carbocycles. The smallest absolute Gasteiger partial charge is 0.193 e. The monoisotopic (exact) mass is 631 g/mol. The van der Waals surface area contributed by atoms with Crippen LogP contribution in [0.15, 0.2) is 42.9 Å². The second kappa shape index (κ2) is 12.1. The molecule has 0 bridgehead atoms. The van der Waals surface area contributed by atoms with Crippen molar-refractivity contribution in [1.29, 1.82) is 0 Å². The number of halogens is 1. The van der Waals surface area contributed by atoms with Crippen molar-refractivity contribution in [2.24, 2.45) is 7.05 Å². The van der Waals surface area contributed by atoms with Gasteiger partial charge in [0.05, 0.1) is 31.9 Å². The van der Waals surface area contributed by atoms with E-state index in [0.29, 0.717) is 28.7 Å². The molecule has 15 heteroatoms. The Balaban J connectivity index is 1.84. The van der Waals surface area contributed by atoms with Gasteiger partial charge in [-0.05, 0) is 43.3 Å². The van der Waals surface area contributed by atoms with E-state index in [2.05, 4.69) is 25.3 Å². The first-order chi connectivity index (χ1) is 20.1. The first-order valence-corrected chi connectivity index (χ1v) is 18.2. The summed E-state index contributed by atoms with van der Waals surface area (Å²) >= 11 is 0. The van der Waals surface area contributed by atoms with Gasteiger partial charge in [-0.15, -0.1) is 10.2 Å². The maximum absolute atomic E-state index is 14.2. The van der Waals surface area contributed by atoms with Crippen molar-refractivity contribution < 1.29 is 26.7 Å². The minimum absolute atomic E-state index is 0.0874. The molecule has 0 aliphatic heterocycles. The molecule has 0 unspecified atom stereocenters. The van der Waals surface area contributed by atoms with Crippen molar-refractivity contribution in [3.05, 3.63) is 60.3 Å². The molecule has 3 heterocycles. The summed E-state index contributed by atoms with van der Waals surface area (Å²) in [6.45, 7) is 11.7. The van der Waals surface area contributed by atoms with Crippen LogP contribution in [0.4, 0.5) is 4.39 Å². The Morgan fingerprint density at radius 3 is 2.14 bits per heavy atom. The van der Waals surface area contributed by atoms with Gasteiger partial charge in [0.25, 0.3) is 0 Å². The van der Waals surface area contributed by atoms with E-state index < -0.39 is 41.1 Å². The van der Waals surface area contributed by atoms with E-state index in [0.717, 1.165) is 12.4 Å². The summed E-state index contributed by atoms with van der Waals surface area (Å²) < 4.78 is 63.2. The second-order valence-corrected chi connectivity index (χ2v) is 18.8. The Labute approximate surface area is 252 Å². The van der Waals surface area contributed by atoms with Crippen LogP contribution in [0.5, 0.6) is 11.5 Å². The van der Waals surface area contributed by atoms with Crippen LogP contribution in [-0.4, -0.2) is 70.7 Å². The molecule has 4 aromatic rings. The molecule has 0 aliphatic carbocycles. The molecule has 0 N–H and O–H groups in total. The van der Waals surface area contributed by atoms with Gasteiger partial charge in [0.15, 0.2) is 41.4 Å². The van der Waals surface area contributed by atoms with Crippen molar-refractivity contribution in [3.63, 3.8) is 0 Å². The van der Waals surface area contributed by atoms with Gasteiger partial charge in [-0.1, -0.05) is 26.8 Å². The molecule has 0 amide bonds. The van der Waals surface area contributed by atoms with Gasteiger partial charge in [0.2, 0.25) is 0 Å². The van der Waals surface area contributed by atoms with Crippen LogP contribution in [-0.2, 0) is 27.1 Å². The predicted molar refractivity (Wildman–Crippen MR) is 162 cm³/mol. The summed E-state index contributed by atoms with van der Waals surface area (Å²) in [5.74, 6) is 0.186. The second-order valence-electron chi connectivity index (χ2n) is 11.7. The minimum atomic E-state index is -4.03. The lowest BCUT2D eigenvalue weighted by Gasteiger charge is -2.40. The van der Waals surface area contributed by atoms with Crippen molar-refractivity contribution in [2.45, 2.75) is 62.9 Å². The third-order valence-corrected chi connectivity index (χ3v) is 14.2. The lowest BCUT2D eigenvalue weighted by molar-refractivity contribution is 0.171. The molecule has 0 saturated carbocycles. The van der Waals surface area contributed by atoms with Gasteiger partial charge in [-0.2, -0.15) is 5.10 Å². The number of benzene rings is 1. The zero-order chi connectivity index (χ0) is 31.7. The molecule has 0 spiro atoms. The summed E-state index contributed by atoms with van der Waals surface area (Å²) in [5, 5.41) is 11.7. The highest BCUT2D eigenvalue weighted by Gasteiger charge is 2.44. The van der Waals surface area contributed by atoms with Gasteiger partial charge in [-0.3, -0.25) is 9.25 Å². The summed E-state index contributed by atoms with van der Waals surface area (Å²) in [4.78, 5) is 8.23. The highest BCUT2D eigenvalue weighted by molar-refractivity contribution is 7.91. The summed E-state index contributed by atoms with van der Waals surface area (Å²) in [6.07, 6.45) is 2.71. The van der Waals surface area contributed by atoms with Crippen LogP contribution in [0.3, 0.4) is 0 Å². The molecule has 0 radical (unpaired) electrons. The molecular formula is C28H38FN7O5SSi. The topological polar surface area (TPSA) is 136 Å². The number of sulfone groups is 1. The molecule has 2 atom stereocenters. The van der Waals surface area contributed by atoms with Gasteiger partial charge < -0.3 is 13.9 Å². The highest BCUT2D eigenvalue weighted by Crippen LogP contribution is 2.42. The molecule has 0 saturated heterocycles. The first kappa shape index (κ1) is 32.2. The Hall–Kier alpha value is -3.69. The number of rotatable bonds is 11. The van der Waals surface area contributed by atoms with Crippen LogP contribution in [0.25, 0.3) is 17.2 Å². The SMILES string of the molecule is COc1cccc(OC)c1-n1c(CS(=O)(=O)[C@@H](C)[C@H](O[Si](C)(C)C(C)(C)C)c2ncc(F)cn2)nnc1-c1ccn(C)n1. The zero-order valence-corrected chi connectivity index (χ0v) is 27.7. The lowest BCUT2D eigenvalue weighted by atomic mass is 10.2. The number of hydrogen-bond acceptors (Lipinski definition) is 10. The zero-order valence-electron chi connectivity index (χ0n) is 25.9. The fourth-order valence-electron chi connectivity index (χ4n) is 4.22. The van der Waals surface area contributed by atoms with Crippen LogP contribution in [0.1, 0.15) is 45.4 Å². The van der Waals surface area contributed by atoms with Crippen LogP contribution in [0.2, 0.25) is 18.1 Å². The van der Waals surface area contributed by atoms with Gasteiger partial charge in [-0.25, -0.2) is 22.8 Å². The van der Waals surface area contributed by atoms with Crippen molar-refractivity contribution in [3.8, 4) is 28.7 Å².